The largest absolute Gasteiger partial charge is 0.243 e. The SMILES string of the molecule is C#CC(C)c1cc(Cl)ncc1Br. The number of halogens is 2. The Morgan fingerprint density at radius 3 is 3.00 bits per heavy atom. The highest BCUT2D eigenvalue weighted by atomic mass is 79.9. The second-order valence-electron chi connectivity index (χ2n) is 2.42. The first-order valence-electron chi connectivity index (χ1n) is 3.42. The molecule has 1 unspecified atom stereocenters. The molecule has 0 amide bonds. The number of aromatic nitrogens is 1. The summed E-state index contributed by atoms with van der Waals surface area (Å²) < 4.78 is 0.900. The van der Waals surface area contributed by atoms with Gasteiger partial charge in [0.15, 0.2) is 0 Å². The maximum atomic E-state index is 5.72. The number of hydrogen-bond donors (Lipinski definition) is 0. The normalized spacial score (nSPS) is 12.2. The van der Waals surface area contributed by atoms with E-state index < -0.39 is 0 Å². The quantitative estimate of drug-likeness (QED) is 0.546. The van der Waals surface area contributed by atoms with E-state index in [1.165, 1.54) is 0 Å². The summed E-state index contributed by atoms with van der Waals surface area (Å²) in [6.45, 7) is 1.94. The lowest BCUT2D eigenvalue weighted by Crippen LogP contribution is -1.92. The summed E-state index contributed by atoms with van der Waals surface area (Å²) in [6, 6.07) is 1.77. The van der Waals surface area contributed by atoms with Gasteiger partial charge >= 0.3 is 0 Å². The highest BCUT2D eigenvalue weighted by Gasteiger charge is 2.07. The molecule has 3 heteroatoms. The topological polar surface area (TPSA) is 12.9 Å². The summed E-state index contributed by atoms with van der Waals surface area (Å²) in [5, 5.41) is 0.468. The fourth-order valence-corrected chi connectivity index (χ4v) is 1.58. The van der Waals surface area contributed by atoms with Crippen molar-refractivity contribution >= 4 is 27.5 Å². The Labute approximate surface area is 85.3 Å². The summed E-state index contributed by atoms with van der Waals surface area (Å²) in [7, 11) is 0. The fourth-order valence-electron chi connectivity index (χ4n) is 0.849. The Morgan fingerprint density at radius 1 is 1.75 bits per heavy atom. The first kappa shape index (κ1) is 9.57. The van der Waals surface area contributed by atoms with Crippen molar-refractivity contribution in [2.24, 2.45) is 0 Å². The third kappa shape index (κ3) is 2.00. The van der Waals surface area contributed by atoms with Crippen LogP contribution in [-0.2, 0) is 0 Å². The highest BCUT2D eigenvalue weighted by molar-refractivity contribution is 9.10. The van der Waals surface area contributed by atoms with Crippen LogP contribution in [0.2, 0.25) is 5.15 Å². The molecule has 0 saturated carbocycles. The van der Waals surface area contributed by atoms with E-state index in [0.717, 1.165) is 10.0 Å². The van der Waals surface area contributed by atoms with Gasteiger partial charge in [-0.1, -0.05) is 17.5 Å². The molecule has 0 N–H and O–H groups in total. The van der Waals surface area contributed by atoms with E-state index in [1.807, 2.05) is 6.92 Å². The molecule has 0 aliphatic rings. The molecule has 0 aliphatic carbocycles. The van der Waals surface area contributed by atoms with Gasteiger partial charge in [-0.25, -0.2) is 4.98 Å². The summed E-state index contributed by atoms with van der Waals surface area (Å²) in [4.78, 5) is 3.91. The molecule has 62 valence electrons. The molecule has 0 saturated heterocycles. The van der Waals surface area contributed by atoms with Crippen LogP contribution < -0.4 is 0 Å². The standard InChI is InChI=1S/C9H7BrClN/c1-3-6(2)7-4-9(11)12-5-8(7)10/h1,4-6H,2H3. The first-order valence-corrected chi connectivity index (χ1v) is 4.59. The van der Waals surface area contributed by atoms with Crippen molar-refractivity contribution < 1.29 is 0 Å². The number of pyridine rings is 1. The average Bonchev–Trinajstić information content (AvgIpc) is 2.08. The second-order valence-corrected chi connectivity index (χ2v) is 3.66. The predicted molar refractivity (Wildman–Crippen MR) is 54.2 cm³/mol. The van der Waals surface area contributed by atoms with E-state index in [1.54, 1.807) is 12.3 Å². The van der Waals surface area contributed by atoms with E-state index in [4.69, 9.17) is 18.0 Å². The Kier molecular flexibility index (Phi) is 3.13. The van der Waals surface area contributed by atoms with Gasteiger partial charge in [-0.15, -0.1) is 6.42 Å². The van der Waals surface area contributed by atoms with Gasteiger partial charge in [0, 0.05) is 16.6 Å². The van der Waals surface area contributed by atoms with Crippen molar-refractivity contribution in [2.45, 2.75) is 12.8 Å². The predicted octanol–water partition coefficient (Wildman–Crippen LogP) is 3.23. The van der Waals surface area contributed by atoms with E-state index in [9.17, 15) is 0 Å². The van der Waals surface area contributed by atoms with Crippen molar-refractivity contribution in [1.82, 2.24) is 4.98 Å². The van der Waals surface area contributed by atoms with Crippen LogP contribution in [0, 0.1) is 12.3 Å². The molecule has 0 fully saturated rings. The van der Waals surface area contributed by atoms with Crippen LogP contribution in [0.25, 0.3) is 0 Å². The van der Waals surface area contributed by atoms with Crippen LogP contribution in [0.15, 0.2) is 16.7 Å². The molecular weight excluding hydrogens is 237 g/mol. The smallest absolute Gasteiger partial charge is 0.129 e. The minimum Gasteiger partial charge on any atom is -0.243 e. The molecule has 0 spiro atoms. The Morgan fingerprint density at radius 2 is 2.42 bits per heavy atom. The molecule has 0 radical (unpaired) electrons. The van der Waals surface area contributed by atoms with Gasteiger partial charge in [0.05, 0.1) is 0 Å². The zero-order valence-corrected chi connectivity index (χ0v) is 8.85. The highest BCUT2D eigenvalue weighted by Crippen LogP contribution is 2.25. The molecule has 1 atom stereocenters. The van der Waals surface area contributed by atoms with Crippen LogP contribution in [0.1, 0.15) is 18.4 Å². The molecule has 1 rings (SSSR count). The minimum atomic E-state index is 0.0554. The second kappa shape index (κ2) is 3.93. The van der Waals surface area contributed by atoms with E-state index >= 15 is 0 Å². The third-order valence-electron chi connectivity index (χ3n) is 1.57. The van der Waals surface area contributed by atoms with E-state index in [-0.39, 0.29) is 5.92 Å². The van der Waals surface area contributed by atoms with Gasteiger partial charge in [-0.05, 0) is 34.5 Å². The Hall–Kier alpha value is -0.520. The van der Waals surface area contributed by atoms with E-state index in [0.29, 0.717) is 5.15 Å². The van der Waals surface area contributed by atoms with Crippen LogP contribution in [0.5, 0.6) is 0 Å². The molecule has 1 aromatic rings. The molecule has 1 heterocycles. The molecular formula is C9H7BrClN. The molecule has 1 aromatic heterocycles. The van der Waals surface area contributed by atoms with Crippen molar-refractivity contribution in [1.29, 1.82) is 0 Å². The fraction of sp³-hybridized carbons (Fsp3) is 0.222. The molecule has 0 aromatic carbocycles. The van der Waals surface area contributed by atoms with Gasteiger partial charge < -0.3 is 0 Å². The van der Waals surface area contributed by atoms with Crippen molar-refractivity contribution in [3.63, 3.8) is 0 Å². The van der Waals surface area contributed by atoms with Gasteiger partial charge in [-0.3, -0.25) is 0 Å². The van der Waals surface area contributed by atoms with E-state index in [2.05, 4.69) is 26.8 Å². The first-order chi connectivity index (χ1) is 5.65. The molecule has 0 aliphatic heterocycles. The maximum absolute atomic E-state index is 5.72. The zero-order valence-electron chi connectivity index (χ0n) is 6.51. The lowest BCUT2D eigenvalue weighted by atomic mass is 10.0. The number of hydrogen-bond acceptors (Lipinski definition) is 1. The van der Waals surface area contributed by atoms with Crippen molar-refractivity contribution in [3.05, 3.63) is 27.5 Å². The maximum Gasteiger partial charge on any atom is 0.129 e. The number of terminal acetylenes is 1. The summed E-state index contributed by atoms with van der Waals surface area (Å²) >= 11 is 9.07. The lowest BCUT2D eigenvalue weighted by molar-refractivity contribution is 0.987. The minimum absolute atomic E-state index is 0.0554. The third-order valence-corrected chi connectivity index (χ3v) is 2.44. The van der Waals surface area contributed by atoms with Gasteiger partial charge in [0.2, 0.25) is 0 Å². The van der Waals surface area contributed by atoms with Crippen molar-refractivity contribution in [3.8, 4) is 12.3 Å². The molecule has 0 bridgehead atoms. The molecule has 12 heavy (non-hydrogen) atoms. The van der Waals surface area contributed by atoms with Gasteiger partial charge in [0.1, 0.15) is 5.15 Å². The summed E-state index contributed by atoms with van der Waals surface area (Å²) in [6.07, 6.45) is 6.95. The monoisotopic (exact) mass is 243 g/mol. The summed E-state index contributed by atoms with van der Waals surface area (Å²) in [5.74, 6) is 2.69. The lowest BCUT2D eigenvalue weighted by Gasteiger charge is -2.06. The van der Waals surface area contributed by atoms with Crippen LogP contribution in [0.4, 0.5) is 0 Å². The zero-order chi connectivity index (χ0) is 9.14. The van der Waals surface area contributed by atoms with Crippen LogP contribution in [-0.4, -0.2) is 4.98 Å². The Bertz CT molecular complexity index is 330. The van der Waals surface area contributed by atoms with Crippen LogP contribution in [0.3, 0.4) is 0 Å². The van der Waals surface area contributed by atoms with Gasteiger partial charge in [0.25, 0.3) is 0 Å². The Balaban J connectivity index is 3.15. The molecule has 1 nitrogen and oxygen atoms in total. The number of nitrogens with zero attached hydrogens (tertiary/aromatic N) is 1. The average molecular weight is 245 g/mol. The summed E-state index contributed by atoms with van der Waals surface area (Å²) in [5.41, 5.74) is 0.998. The number of rotatable bonds is 1. The van der Waals surface area contributed by atoms with Crippen LogP contribution >= 0.6 is 27.5 Å². The van der Waals surface area contributed by atoms with Gasteiger partial charge in [-0.2, -0.15) is 0 Å². The van der Waals surface area contributed by atoms with Crippen molar-refractivity contribution in [2.75, 3.05) is 0 Å².